The minimum Gasteiger partial charge on any atom is -0.494 e. The first-order valence-corrected chi connectivity index (χ1v) is 10.8. The zero-order chi connectivity index (χ0) is 21.3. The number of anilines is 2. The molecular weight excluding hydrogens is 425 g/mol. The highest BCUT2D eigenvalue weighted by Gasteiger charge is 2.43. The van der Waals surface area contributed by atoms with E-state index >= 15 is 0 Å². The Morgan fingerprint density at radius 1 is 0.967 bits per heavy atom. The lowest BCUT2D eigenvalue weighted by molar-refractivity contribution is -0.123. The van der Waals surface area contributed by atoms with Crippen LogP contribution in [0.15, 0.2) is 42.5 Å². The van der Waals surface area contributed by atoms with Crippen LogP contribution in [-0.4, -0.2) is 55.5 Å². The summed E-state index contributed by atoms with van der Waals surface area (Å²) in [4.78, 5) is 31.4. The molecule has 158 valence electrons. The third-order valence-corrected chi connectivity index (χ3v) is 6.27. The number of hydrogen-bond acceptors (Lipinski definition) is 5. The topological polar surface area (TPSA) is 53.1 Å². The summed E-state index contributed by atoms with van der Waals surface area (Å²) in [5, 5.41) is 1.06. The second-order valence-corrected chi connectivity index (χ2v) is 8.15. The third kappa shape index (κ3) is 4.13. The average molecular weight is 448 g/mol. The van der Waals surface area contributed by atoms with Gasteiger partial charge in [-0.3, -0.25) is 14.5 Å². The van der Waals surface area contributed by atoms with E-state index in [1.807, 2.05) is 25.1 Å². The van der Waals surface area contributed by atoms with E-state index in [2.05, 4.69) is 9.80 Å². The first-order valence-electron chi connectivity index (χ1n) is 10.0. The van der Waals surface area contributed by atoms with Crippen molar-refractivity contribution in [3.8, 4) is 5.75 Å². The van der Waals surface area contributed by atoms with Crippen molar-refractivity contribution in [2.45, 2.75) is 19.4 Å². The van der Waals surface area contributed by atoms with Gasteiger partial charge in [0.2, 0.25) is 5.91 Å². The number of benzene rings is 2. The van der Waals surface area contributed by atoms with Crippen molar-refractivity contribution < 1.29 is 14.3 Å². The standard InChI is InChI=1S/C22H23Cl2N3O3/c1-2-30-17-5-3-4-16(12-17)27-21(28)14-20(22(27)29)26-10-8-25(9-11-26)15-6-7-18(23)19(24)13-15/h3-7,12-13,20H,2,8-11,14H2,1H3. The molecule has 2 amide bonds. The minimum atomic E-state index is -0.427. The average Bonchev–Trinajstić information content (AvgIpc) is 3.04. The van der Waals surface area contributed by atoms with Crippen molar-refractivity contribution in [2.75, 3.05) is 42.6 Å². The molecule has 0 spiro atoms. The van der Waals surface area contributed by atoms with Crippen LogP contribution in [0.5, 0.6) is 5.75 Å². The number of imide groups is 1. The molecule has 0 saturated carbocycles. The van der Waals surface area contributed by atoms with Crippen LogP contribution < -0.4 is 14.5 Å². The molecule has 1 atom stereocenters. The summed E-state index contributed by atoms with van der Waals surface area (Å²) in [6.07, 6.45) is 0.199. The maximum atomic E-state index is 13.1. The summed E-state index contributed by atoms with van der Waals surface area (Å²) in [7, 11) is 0. The molecule has 1 unspecified atom stereocenters. The molecular formula is C22H23Cl2N3O3. The summed E-state index contributed by atoms with van der Waals surface area (Å²) in [5.74, 6) is 0.302. The smallest absolute Gasteiger partial charge is 0.251 e. The van der Waals surface area contributed by atoms with Crippen LogP contribution in [0.2, 0.25) is 10.0 Å². The van der Waals surface area contributed by atoms with Gasteiger partial charge in [0, 0.05) is 37.9 Å². The number of carbonyl (C=O) groups is 2. The second kappa shape index (κ2) is 8.84. The van der Waals surface area contributed by atoms with Crippen LogP contribution in [-0.2, 0) is 9.59 Å². The lowest BCUT2D eigenvalue weighted by Gasteiger charge is -2.38. The number of halogens is 2. The van der Waals surface area contributed by atoms with Crippen LogP contribution in [0, 0.1) is 0 Å². The first kappa shape index (κ1) is 21.0. The van der Waals surface area contributed by atoms with Crippen LogP contribution in [0.1, 0.15) is 13.3 Å². The van der Waals surface area contributed by atoms with Gasteiger partial charge in [-0.1, -0.05) is 29.3 Å². The molecule has 0 aliphatic carbocycles. The maximum Gasteiger partial charge on any atom is 0.251 e. The molecule has 2 aromatic carbocycles. The molecule has 2 aliphatic heterocycles. The molecule has 2 aromatic rings. The molecule has 0 N–H and O–H groups in total. The van der Waals surface area contributed by atoms with Gasteiger partial charge in [-0.05, 0) is 37.3 Å². The maximum absolute atomic E-state index is 13.1. The molecule has 2 fully saturated rings. The number of piperazine rings is 1. The Bertz CT molecular complexity index is 960. The predicted octanol–water partition coefficient (Wildman–Crippen LogP) is 3.85. The highest BCUT2D eigenvalue weighted by molar-refractivity contribution is 6.42. The van der Waals surface area contributed by atoms with Gasteiger partial charge in [-0.2, -0.15) is 0 Å². The number of ether oxygens (including phenoxy) is 1. The van der Waals surface area contributed by atoms with E-state index in [0.717, 1.165) is 18.8 Å². The number of carbonyl (C=O) groups excluding carboxylic acids is 2. The summed E-state index contributed by atoms with van der Waals surface area (Å²) >= 11 is 12.1. The van der Waals surface area contributed by atoms with Crippen molar-refractivity contribution in [3.05, 3.63) is 52.5 Å². The van der Waals surface area contributed by atoms with Gasteiger partial charge in [-0.15, -0.1) is 0 Å². The quantitative estimate of drug-likeness (QED) is 0.651. The minimum absolute atomic E-state index is 0.170. The van der Waals surface area contributed by atoms with Gasteiger partial charge in [0.1, 0.15) is 5.75 Å². The van der Waals surface area contributed by atoms with Crippen LogP contribution in [0.4, 0.5) is 11.4 Å². The molecule has 6 nitrogen and oxygen atoms in total. The molecule has 30 heavy (non-hydrogen) atoms. The Labute approximate surface area is 185 Å². The van der Waals surface area contributed by atoms with Gasteiger partial charge >= 0.3 is 0 Å². The SMILES string of the molecule is CCOc1cccc(N2C(=O)CC(N3CCN(c4ccc(Cl)c(Cl)c4)CC3)C2=O)c1. The Morgan fingerprint density at radius 2 is 1.73 bits per heavy atom. The van der Waals surface area contributed by atoms with Crippen molar-refractivity contribution in [1.29, 1.82) is 0 Å². The molecule has 0 bridgehead atoms. The third-order valence-electron chi connectivity index (χ3n) is 5.53. The molecule has 0 aromatic heterocycles. The summed E-state index contributed by atoms with van der Waals surface area (Å²) < 4.78 is 5.51. The Morgan fingerprint density at radius 3 is 2.43 bits per heavy atom. The van der Waals surface area contributed by atoms with E-state index < -0.39 is 6.04 Å². The van der Waals surface area contributed by atoms with Gasteiger partial charge in [0.25, 0.3) is 5.91 Å². The highest BCUT2D eigenvalue weighted by atomic mass is 35.5. The Kier molecular flexibility index (Phi) is 6.18. The van der Waals surface area contributed by atoms with E-state index in [0.29, 0.717) is 41.2 Å². The second-order valence-electron chi connectivity index (χ2n) is 7.34. The molecule has 2 aliphatic rings. The van der Waals surface area contributed by atoms with Gasteiger partial charge in [-0.25, -0.2) is 4.90 Å². The van der Waals surface area contributed by atoms with Gasteiger partial charge in [0.05, 0.1) is 34.8 Å². The fourth-order valence-corrected chi connectivity index (χ4v) is 4.32. The zero-order valence-electron chi connectivity index (χ0n) is 16.7. The van der Waals surface area contributed by atoms with Gasteiger partial charge in [0.15, 0.2) is 0 Å². The van der Waals surface area contributed by atoms with Crippen molar-refractivity contribution >= 4 is 46.4 Å². The number of hydrogen-bond donors (Lipinski definition) is 0. The van der Waals surface area contributed by atoms with Crippen molar-refractivity contribution in [3.63, 3.8) is 0 Å². The lowest BCUT2D eigenvalue weighted by Crippen LogP contribution is -2.52. The van der Waals surface area contributed by atoms with E-state index in [4.69, 9.17) is 27.9 Å². The molecule has 0 radical (unpaired) electrons. The largest absolute Gasteiger partial charge is 0.494 e. The summed E-state index contributed by atoms with van der Waals surface area (Å²) in [6, 6.07) is 12.3. The summed E-state index contributed by atoms with van der Waals surface area (Å²) in [6.45, 7) is 5.29. The summed E-state index contributed by atoms with van der Waals surface area (Å²) in [5.41, 5.74) is 1.57. The molecule has 4 rings (SSSR count). The molecule has 8 heteroatoms. The van der Waals surface area contributed by atoms with Crippen LogP contribution in [0.3, 0.4) is 0 Å². The zero-order valence-corrected chi connectivity index (χ0v) is 18.2. The van der Waals surface area contributed by atoms with Crippen LogP contribution >= 0.6 is 23.2 Å². The number of amides is 2. The van der Waals surface area contributed by atoms with Crippen molar-refractivity contribution in [1.82, 2.24) is 4.90 Å². The molecule has 2 saturated heterocycles. The van der Waals surface area contributed by atoms with E-state index in [1.165, 1.54) is 4.90 Å². The van der Waals surface area contributed by atoms with E-state index in [1.54, 1.807) is 24.3 Å². The normalized spacial score (nSPS) is 20.2. The van der Waals surface area contributed by atoms with Crippen molar-refractivity contribution in [2.24, 2.45) is 0 Å². The van der Waals surface area contributed by atoms with Gasteiger partial charge < -0.3 is 9.64 Å². The first-order chi connectivity index (χ1) is 14.5. The predicted molar refractivity (Wildman–Crippen MR) is 119 cm³/mol. The Balaban J connectivity index is 1.43. The highest BCUT2D eigenvalue weighted by Crippen LogP contribution is 2.31. The lowest BCUT2D eigenvalue weighted by atomic mass is 10.1. The monoisotopic (exact) mass is 447 g/mol. The number of nitrogens with zero attached hydrogens (tertiary/aromatic N) is 3. The molecule has 2 heterocycles. The Hall–Kier alpha value is -2.28. The number of rotatable bonds is 5. The van der Waals surface area contributed by atoms with E-state index in [-0.39, 0.29) is 18.2 Å². The fraction of sp³-hybridized carbons (Fsp3) is 0.364. The fourth-order valence-electron chi connectivity index (χ4n) is 4.03. The van der Waals surface area contributed by atoms with Crippen LogP contribution in [0.25, 0.3) is 0 Å². The van der Waals surface area contributed by atoms with E-state index in [9.17, 15) is 9.59 Å².